The van der Waals surface area contributed by atoms with Gasteiger partial charge in [-0.3, -0.25) is 0 Å². The zero-order valence-corrected chi connectivity index (χ0v) is 5.08. The van der Waals surface area contributed by atoms with Gasteiger partial charge in [-0.05, 0) is 0 Å². The molecule has 0 saturated heterocycles. The van der Waals surface area contributed by atoms with Gasteiger partial charge in [0.25, 0.3) is 0 Å². The van der Waals surface area contributed by atoms with Gasteiger partial charge in [-0.2, -0.15) is 0 Å². The Morgan fingerprint density at radius 1 is 1.83 bits per heavy atom. The molecular weight excluding hydrogens is 169 g/mol. The molecule has 1 N–H and O–H groups in total. The molecule has 0 aromatic rings. The first-order valence-electron chi connectivity index (χ1n) is 0.730. The van der Waals surface area contributed by atoms with Crippen LogP contribution in [0.15, 0.2) is 0 Å². The van der Waals surface area contributed by atoms with Gasteiger partial charge in [-0.15, -0.1) is 15.1 Å². The van der Waals surface area contributed by atoms with Crippen LogP contribution in [-0.2, 0) is 31.2 Å². The first-order chi connectivity index (χ1) is 2.27. The Hall–Kier alpha value is 0.0431. The van der Waals surface area contributed by atoms with Crippen molar-refractivity contribution in [2.24, 2.45) is 0 Å². The molecule has 0 aliphatic carbocycles. The van der Waals surface area contributed by atoms with E-state index in [-0.39, 0.29) is 26.2 Å². The summed E-state index contributed by atoms with van der Waals surface area (Å²) < 4.78 is 0. The molecule has 0 bridgehead atoms. The van der Waals surface area contributed by atoms with Crippen LogP contribution in [0.4, 0.5) is 0 Å². The van der Waals surface area contributed by atoms with Gasteiger partial charge in [-0.1, -0.05) is 0 Å². The van der Waals surface area contributed by atoms with Crippen LogP contribution in [-0.4, -0.2) is 10.3 Å². The predicted octanol–water partition coefficient (Wildman–Crippen LogP) is -0.335. The van der Waals surface area contributed by atoms with Gasteiger partial charge in [0.1, 0.15) is 0 Å². The van der Waals surface area contributed by atoms with E-state index in [0.717, 1.165) is 0 Å². The van der Waals surface area contributed by atoms with E-state index in [0.29, 0.717) is 0 Å². The fourth-order valence-electron chi connectivity index (χ4n) is 0. The van der Waals surface area contributed by atoms with E-state index in [1.165, 1.54) is 0 Å². The second-order valence-corrected chi connectivity index (χ2v) is 0.305. The van der Waals surface area contributed by atoms with E-state index in [2.05, 4.69) is 4.99 Å². The van der Waals surface area contributed by atoms with E-state index in [1.807, 2.05) is 0 Å². The van der Waals surface area contributed by atoms with Crippen molar-refractivity contribution in [1.82, 2.24) is 0 Å². The van der Waals surface area contributed by atoms with Gasteiger partial charge in [0.2, 0.25) is 0 Å². The second-order valence-electron chi connectivity index (χ2n) is 0.305. The molecule has 0 aliphatic rings. The van der Waals surface area contributed by atoms with Crippen LogP contribution in [0.1, 0.15) is 0 Å². The molecule has 0 atom stereocenters. The average molecular weight is 170 g/mol. The van der Waals surface area contributed by atoms with E-state index >= 15 is 0 Å². The maximum atomic E-state index is 8.70. The van der Waals surface area contributed by atoms with Crippen molar-refractivity contribution in [2.45, 2.75) is 0 Å². The van der Waals surface area contributed by atoms with Crippen LogP contribution in [0.3, 0.4) is 0 Å². The van der Waals surface area contributed by atoms with Crippen molar-refractivity contribution < 1.29 is 41.5 Å². The zero-order valence-electron chi connectivity index (χ0n) is 2.62. The zero-order chi connectivity index (χ0) is 4.28. The van der Waals surface area contributed by atoms with Gasteiger partial charge in [-0.25, -0.2) is 5.26 Å². The molecule has 6 heteroatoms. The summed E-state index contributed by atoms with van der Waals surface area (Å²) in [6.45, 7) is 0. The summed E-state index contributed by atoms with van der Waals surface area (Å²) in [6, 6.07) is 0. The normalized spacial score (nSPS) is 5.50. The van der Waals surface area contributed by atoms with Gasteiger partial charge < -0.3 is 0 Å². The Kier molecular flexibility index (Phi) is 7.90. The molecule has 0 radical (unpaired) electrons. The summed E-state index contributed by atoms with van der Waals surface area (Å²) >= 11 is 0. The molecule has 0 saturated carbocycles. The van der Waals surface area contributed by atoms with E-state index < -0.39 is 5.09 Å². The molecule has 0 rings (SSSR count). The molecule has 0 aliphatic heterocycles. The predicted molar refractivity (Wildman–Crippen MR) is 10.7 cm³/mol. The summed E-state index contributed by atoms with van der Waals surface area (Å²) in [5.74, 6) is 0. The van der Waals surface area contributed by atoms with Crippen molar-refractivity contribution in [1.29, 1.82) is 0 Å². The van der Waals surface area contributed by atoms with Crippen LogP contribution in [0.5, 0.6) is 0 Å². The molecule has 0 heterocycles. The second kappa shape index (κ2) is 5.04. The van der Waals surface area contributed by atoms with Crippen molar-refractivity contribution in [3.8, 4) is 0 Å². The van der Waals surface area contributed by atoms with Crippen LogP contribution >= 0.6 is 0 Å². The maximum Gasteiger partial charge on any atom is 0.322 e. The molecule has 0 spiro atoms. The van der Waals surface area contributed by atoms with Gasteiger partial charge in [0, 0.05) is 26.2 Å². The molecular formula is HNO4Zr. The first-order valence-corrected chi connectivity index (χ1v) is 0.730. The summed E-state index contributed by atoms with van der Waals surface area (Å²) in [5, 5.41) is 14.3. The fraction of sp³-hybridized carbons (Fsp3) is 0. The number of hydrogen-bond acceptors (Lipinski definition) is 4. The average Bonchev–Trinajstić information content (AvgIpc) is 1.38. The van der Waals surface area contributed by atoms with Crippen LogP contribution in [0, 0.1) is 10.1 Å². The molecule has 0 aromatic carbocycles. The van der Waals surface area contributed by atoms with Crippen molar-refractivity contribution >= 4 is 0 Å². The Morgan fingerprint density at radius 3 is 2.00 bits per heavy atom. The molecule has 6 heavy (non-hydrogen) atoms. The summed E-state index contributed by atoms with van der Waals surface area (Å²) in [6.07, 6.45) is 0. The van der Waals surface area contributed by atoms with Crippen molar-refractivity contribution in [3.63, 3.8) is 0 Å². The van der Waals surface area contributed by atoms with E-state index in [9.17, 15) is 0 Å². The van der Waals surface area contributed by atoms with Gasteiger partial charge in [0.05, 0.1) is 0 Å². The van der Waals surface area contributed by atoms with Crippen molar-refractivity contribution in [3.05, 3.63) is 10.1 Å². The Labute approximate surface area is 52.1 Å². The molecule has 0 aromatic heterocycles. The van der Waals surface area contributed by atoms with E-state index in [1.54, 1.807) is 0 Å². The number of hydrogen-bond donors (Lipinski definition) is 1. The third-order valence-electron chi connectivity index (χ3n) is 0.0667. The third-order valence-corrected chi connectivity index (χ3v) is 0.0667. The topological polar surface area (TPSA) is 72.6 Å². The third kappa shape index (κ3) is 8.97. The number of nitrogens with zero attached hydrogens (tertiary/aromatic N) is 1. The standard InChI is InChI=1S/HNO4.Zr/c2-1(3)5-4;/h4H;. The van der Waals surface area contributed by atoms with Crippen molar-refractivity contribution in [2.75, 3.05) is 0 Å². The molecule has 34 valence electrons. The summed E-state index contributed by atoms with van der Waals surface area (Å²) in [7, 11) is 0. The fourth-order valence-corrected chi connectivity index (χ4v) is 0. The minimum atomic E-state index is -1.32. The Morgan fingerprint density at radius 2 is 2.00 bits per heavy atom. The minimum absolute atomic E-state index is 0. The Bertz CT molecular complexity index is 42.8. The van der Waals surface area contributed by atoms with Crippen LogP contribution < -0.4 is 0 Å². The summed E-state index contributed by atoms with van der Waals surface area (Å²) in [5.41, 5.74) is 0. The Balaban J connectivity index is 0. The molecule has 0 fully saturated rings. The van der Waals surface area contributed by atoms with E-state index in [4.69, 9.17) is 15.4 Å². The van der Waals surface area contributed by atoms with Crippen LogP contribution in [0.2, 0.25) is 0 Å². The van der Waals surface area contributed by atoms with Gasteiger partial charge >= 0.3 is 5.09 Å². The number of rotatable bonds is 1. The smallest absolute Gasteiger partial charge is 0.214 e. The monoisotopic (exact) mass is 169 g/mol. The maximum absolute atomic E-state index is 8.70. The molecule has 0 unspecified atom stereocenters. The largest absolute Gasteiger partial charge is 0.322 e. The summed E-state index contributed by atoms with van der Waals surface area (Å²) in [4.78, 5) is 11.2. The molecule has 0 amide bonds. The van der Waals surface area contributed by atoms with Gasteiger partial charge in [0.15, 0.2) is 0 Å². The molecule has 5 nitrogen and oxygen atoms in total. The minimum Gasteiger partial charge on any atom is -0.214 e. The first kappa shape index (κ1) is 9.40. The SMILES string of the molecule is O=[N+]([O-])OO.[Zr]. The van der Waals surface area contributed by atoms with Crippen LogP contribution in [0.25, 0.3) is 0 Å². The quantitative estimate of drug-likeness (QED) is 0.332.